The second-order valence-electron chi connectivity index (χ2n) is 4.99. The molecule has 0 heterocycles. The summed E-state index contributed by atoms with van der Waals surface area (Å²) >= 11 is 11.8. The number of hydrogen-bond donors (Lipinski definition) is 2. The van der Waals surface area contributed by atoms with E-state index in [9.17, 15) is 13.2 Å². The summed E-state index contributed by atoms with van der Waals surface area (Å²) in [7, 11) is -3.78. The van der Waals surface area contributed by atoms with Crippen molar-refractivity contribution < 1.29 is 17.9 Å². The molecule has 0 radical (unpaired) electrons. The molecule has 0 aromatic heterocycles. The van der Waals surface area contributed by atoms with Gasteiger partial charge in [-0.05, 0) is 36.8 Å². The molecule has 0 spiro atoms. The van der Waals surface area contributed by atoms with Gasteiger partial charge in [0.1, 0.15) is 5.75 Å². The number of carbonyl (C=O) groups is 1. The van der Waals surface area contributed by atoms with Gasteiger partial charge in [0.15, 0.2) is 0 Å². The molecule has 0 fully saturated rings. The first-order valence-electron chi connectivity index (χ1n) is 7.32. The molecule has 2 aromatic carbocycles. The average molecular weight is 403 g/mol. The van der Waals surface area contributed by atoms with Crippen LogP contribution >= 0.6 is 23.2 Å². The summed E-state index contributed by atoms with van der Waals surface area (Å²) in [5.74, 6) is 0.00145. The van der Waals surface area contributed by atoms with Crippen LogP contribution in [0, 0.1) is 0 Å². The molecule has 2 N–H and O–H groups in total. The van der Waals surface area contributed by atoms with Crippen molar-refractivity contribution in [3.63, 3.8) is 0 Å². The standard InChI is InChI=1S/C16H16Cl2N2O4S/c17-12-8-9-15(14(18)11-12)24-10-4-7-16(21)19-20-25(22,23)13-5-2-1-3-6-13/h1-3,5-6,8-9,11,20H,4,7,10H2,(H,19,21). The smallest absolute Gasteiger partial charge is 0.257 e. The molecule has 0 aliphatic rings. The Kier molecular flexibility index (Phi) is 7.07. The summed E-state index contributed by atoms with van der Waals surface area (Å²) < 4.78 is 29.3. The van der Waals surface area contributed by atoms with Gasteiger partial charge in [0.25, 0.3) is 10.0 Å². The van der Waals surface area contributed by atoms with Gasteiger partial charge in [-0.1, -0.05) is 41.4 Å². The first-order valence-corrected chi connectivity index (χ1v) is 9.56. The monoisotopic (exact) mass is 402 g/mol. The highest BCUT2D eigenvalue weighted by molar-refractivity contribution is 7.89. The number of rotatable bonds is 8. The van der Waals surface area contributed by atoms with E-state index in [2.05, 4.69) is 5.43 Å². The molecule has 0 aliphatic carbocycles. The van der Waals surface area contributed by atoms with Crippen molar-refractivity contribution in [2.75, 3.05) is 6.61 Å². The summed E-state index contributed by atoms with van der Waals surface area (Å²) in [6.45, 7) is 0.250. The van der Waals surface area contributed by atoms with Crippen molar-refractivity contribution in [3.05, 3.63) is 58.6 Å². The van der Waals surface area contributed by atoms with Crippen LogP contribution in [0.5, 0.6) is 5.75 Å². The van der Waals surface area contributed by atoms with E-state index in [-0.39, 0.29) is 17.9 Å². The third-order valence-corrected chi connectivity index (χ3v) is 4.87. The zero-order valence-electron chi connectivity index (χ0n) is 13.0. The van der Waals surface area contributed by atoms with Crippen LogP contribution in [-0.4, -0.2) is 20.9 Å². The molecular formula is C16H16Cl2N2O4S. The molecule has 0 saturated carbocycles. The Morgan fingerprint density at radius 3 is 2.48 bits per heavy atom. The number of halogens is 2. The predicted octanol–water partition coefficient (Wildman–Crippen LogP) is 3.16. The van der Waals surface area contributed by atoms with Crippen molar-refractivity contribution >= 4 is 39.1 Å². The number of sulfonamides is 1. The van der Waals surface area contributed by atoms with Gasteiger partial charge in [-0.2, -0.15) is 0 Å². The lowest BCUT2D eigenvalue weighted by Gasteiger charge is -2.09. The molecule has 0 saturated heterocycles. The Morgan fingerprint density at radius 1 is 1.08 bits per heavy atom. The molecule has 25 heavy (non-hydrogen) atoms. The van der Waals surface area contributed by atoms with Gasteiger partial charge >= 0.3 is 0 Å². The maximum absolute atomic E-state index is 11.9. The van der Waals surface area contributed by atoms with E-state index in [1.807, 2.05) is 4.83 Å². The second-order valence-corrected chi connectivity index (χ2v) is 7.52. The summed E-state index contributed by atoms with van der Waals surface area (Å²) in [6, 6.07) is 12.6. The molecule has 1 amide bonds. The minimum absolute atomic E-state index is 0.0658. The number of carbonyl (C=O) groups excluding carboxylic acids is 1. The number of hydrogen-bond acceptors (Lipinski definition) is 4. The van der Waals surface area contributed by atoms with Crippen LogP contribution in [-0.2, 0) is 14.8 Å². The molecule has 0 unspecified atom stereocenters. The van der Waals surface area contributed by atoms with Crippen LogP contribution < -0.4 is 15.0 Å². The molecule has 0 aliphatic heterocycles. The lowest BCUT2D eigenvalue weighted by molar-refractivity contribution is -0.121. The number of benzene rings is 2. The van der Waals surface area contributed by atoms with Crippen LogP contribution in [0.15, 0.2) is 53.4 Å². The van der Waals surface area contributed by atoms with Crippen molar-refractivity contribution in [3.8, 4) is 5.75 Å². The highest BCUT2D eigenvalue weighted by Gasteiger charge is 2.14. The normalized spacial score (nSPS) is 11.1. The van der Waals surface area contributed by atoms with Crippen LogP contribution in [0.4, 0.5) is 0 Å². The Morgan fingerprint density at radius 2 is 1.80 bits per heavy atom. The molecule has 2 aromatic rings. The van der Waals surface area contributed by atoms with Crippen molar-refractivity contribution in [1.29, 1.82) is 0 Å². The first kappa shape index (κ1) is 19.5. The highest BCUT2D eigenvalue weighted by Crippen LogP contribution is 2.27. The summed E-state index contributed by atoms with van der Waals surface area (Å²) in [5.41, 5.74) is 2.16. The van der Waals surface area contributed by atoms with Crippen LogP contribution in [0.1, 0.15) is 12.8 Å². The quantitative estimate of drug-likeness (QED) is 0.524. The second kappa shape index (κ2) is 9.05. The maximum atomic E-state index is 11.9. The van der Waals surface area contributed by atoms with Gasteiger partial charge in [0.05, 0.1) is 16.5 Å². The lowest BCUT2D eigenvalue weighted by Crippen LogP contribution is -2.41. The molecule has 9 heteroatoms. The Labute approximate surface area is 156 Å². The van der Waals surface area contributed by atoms with Gasteiger partial charge < -0.3 is 4.74 Å². The zero-order valence-corrected chi connectivity index (χ0v) is 15.4. The number of amides is 1. The molecule has 134 valence electrons. The first-order chi connectivity index (χ1) is 11.9. The van der Waals surface area contributed by atoms with E-state index in [0.29, 0.717) is 22.2 Å². The fraction of sp³-hybridized carbons (Fsp3) is 0.188. The van der Waals surface area contributed by atoms with Gasteiger partial charge in [-0.25, -0.2) is 8.42 Å². The fourth-order valence-corrected chi connectivity index (χ4v) is 3.20. The average Bonchev–Trinajstić information content (AvgIpc) is 2.59. The SMILES string of the molecule is O=C(CCCOc1ccc(Cl)cc1Cl)NNS(=O)(=O)c1ccccc1. The minimum Gasteiger partial charge on any atom is -0.492 e. The zero-order chi connectivity index (χ0) is 18.3. The Hall–Kier alpha value is -1.80. The van der Waals surface area contributed by atoms with Gasteiger partial charge in [-0.3, -0.25) is 10.2 Å². The van der Waals surface area contributed by atoms with Crippen molar-refractivity contribution in [2.45, 2.75) is 17.7 Å². The van der Waals surface area contributed by atoms with Crippen LogP contribution in [0.25, 0.3) is 0 Å². The third kappa shape index (κ3) is 6.21. The van der Waals surface area contributed by atoms with E-state index in [1.54, 1.807) is 36.4 Å². The lowest BCUT2D eigenvalue weighted by atomic mass is 10.3. The third-order valence-electron chi connectivity index (χ3n) is 3.08. The fourth-order valence-electron chi connectivity index (χ4n) is 1.85. The summed E-state index contributed by atoms with van der Waals surface area (Å²) in [5, 5.41) is 0.884. The summed E-state index contributed by atoms with van der Waals surface area (Å²) in [6.07, 6.45) is 0.473. The van der Waals surface area contributed by atoms with Crippen molar-refractivity contribution in [1.82, 2.24) is 10.3 Å². The van der Waals surface area contributed by atoms with E-state index >= 15 is 0 Å². The maximum Gasteiger partial charge on any atom is 0.257 e. The van der Waals surface area contributed by atoms with Crippen LogP contribution in [0.3, 0.4) is 0 Å². The van der Waals surface area contributed by atoms with E-state index in [4.69, 9.17) is 27.9 Å². The van der Waals surface area contributed by atoms with Crippen LogP contribution in [0.2, 0.25) is 10.0 Å². The predicted molar refractivity (Wildman–Crippen MR) is 96.1 cm³/mol. The molecule has 0 bridgehead atoms. The molecular weight excluding hydrogens is 387 g/mol. The highest BCUT2D eigenvalue weighted by atomic mass is 35.5. The summed E-state index contributed by atoms with van der Waals surface area (Å²) in [4.78, 5) is 13.8. The molecule has 2 rings (SSSR count). The van der Waals surface area contributed by atoms with Gasteiger partial charge in [0.2, 0.25) is 5.91 Å². The Bertz CT molecular complexity index is 829. The number of hydrazine groups is 1. The van der Waals surface area contributed by atoms with Gasteiger partial charge in [-0.15, -0.1) is 4.83 Å². The van der Waals surface area contributed by atoms with E-state index in [1.165, 1.54) is 12.1 Å². The largest absolute Gasteiger partial charge is 0.492 e. The van der Waals surface area contributed by atoms with E-state index < -0.39 is 15.9 Å². The van der Waals surface area contributed by atoms with Crippen molar-refractivity contribution in [2.24, 2.45) is 0 Å². The number of ether oxygens (including phenoxy) is 1. The van der Waals surface area contributed by atoms with E-state index in [0.717, 1.165) is 0 Å². The number of nitrogens with one attached hydrogen (secondary N) is 2. The molecule has 6 nitrogen and oxygen atoms in total. The molecule has 0 atom stereocenters. The van der Waals surface area contributed by atoms with Gasteiger partial charge in [0, 0.05) is 11.4 Å². The topological polar surface area (TPSA) is 84.5 Å². The Balaban J connectivity index is 1.72. The minimum atomic E-state index is -3.78.